The predicted octanol–water partition coefficient (Wildman–Crippen LogP) is 2.43. The summed E-state index contributed by atoms with van der Waals surface area (Å²) >= 11 is 5.05. The average molecular weight is 270 g/mol. The molecule has 0 unspecified atom stereocenters. The highest BCUT2D eigenvalue weighted by Crippen LogP contribution is 2.28. The van der Waals surface area contributed by atoms with Gasteiger partial charge < -0.3 is 5.73 Å². The highest BCUT2D eigenvalue weighted by atomic mass is 79.9. The van der Waals surface area contributed by atoms with Gasteiger partial charge in [0.05, 0.1) is 16.3 Å². The van der Waals surface area contributed by atoms with E-state index in [-0.39, 0.29) is 0 Å². The Kier molecular flexibility index (Phi) is 2.90. The van der Waals surface area contributed by atoms with Crippen LogP contribution in [-0.4, -0.2) is 9.97 Å². The number of nitrogens with two attached hydrogens (primary N) is 1. The van der Waals surface area contributed by atoms with Crippen molar-refractivity contribution < 1.29 is 0 Å². The van der Waals surface area contributed by atoms with E-state index in [1.807, 2.05) is 17.5 Å². The third-order valence-electron chi connectivity index (χ3n) is 1.75. The van der Waals surface area contributed by atoms with Crippen LogP contribution in [0.25, 0.3) is 10.6 Å². The van der Waals surface area contributed by atoms with E-state index in [1.165, 1.54) is 0 Å². The fourth-order valence-electron chi connectivity index (χ4n) is 1.09. The molecule has 0 saturated carbocycles. The Morgan fingerprint density at radius 1 is 1.36 bits per heavy atom. The van der Waals surface area contributed by atoms with E-state index in [9.17, 15) is 0 Å². The van der Waals surface area contributed by atoms with E-state index < -0.39 is 0 Å². The second-order valence-electron chi connectivity index (χ2n) is 2.73. The molecule has 2 rings (SSSR count). The number of rotatable bonds is 2. The van der Waals surface area contributed by atoms with Crippen LogP contribution >= 0.6 is 27.3 Å². The van der Waals surface area contributed by atoms with Crippen LogP contribution in [0.3, 0.4) is 0 Å². The highest BCUT2D eigenvalue weighted by molar-refractivity contribution is 9.10. The van der Waals surface area contributed by atoms with Gasteiger partial charge in [-0.15, -0.1) is 11.3 Å². The Morgan fingerprint density at radius 3 is 2.86 bits per heavy atom. The molecule has 0 bridgehead atoms. The maximum Gasteiger partial charge on any atom is 0.116 e. The Morgan fingerprint density at radius 2 is 2.21 bits per heavy atom. The lowest BCUT2D eigenvalue weighted by Crippen LogP contribution is -1.99. The molecule has 0 aliphatic carbocycles. The van der Waals surface area contributed by atoms with Crippen molar-refractivity contribution in [2.75, 3.05) is 0 Å². The van der Waals surface area contributed by atoms with Gasteiger partial charge in [-0.2, -0.15) is 0 Å². The van der Waals surface area contributed by atoms with Crippen LogP contribution in [0.5, 0.6) is 0 Å². The maximum atomic E-state index is 5.51. The lowest BCUT2D eigenvalue weighted by Gasteiger charge is -1.98. The van der Waals surface area contributed by atoms with E-state index in [0.29, 0.717) is 6.54 Å². The molecule has 2 aromatic rings. The van der Waals surface area contributed by atoms with E-state index in [0.717, 1.165) is 20.7 Å². The predicted molar refractivity (Wildman–Crippen MR) is 60.9 cm³/mol. The van der Waals surface area contributed by atoms with Gasteiger partial charge in [-0.3, -0.25) is 0 Å². The molecule has 3 nitrogen and oxygen atoms in total. The first-order chi connectivity index (χ1) is 6.79. The molecule has 2 N–H and O–H groups in total. The lowest BCUT2D eigenvalue weighted by atomic mass is 10.3. The van der Waals surface area contributed by atoms with Gasteiger partial charge in [0.15, 0.2) is 0 Å². The molecule has 0 fully saturated rings. The van der Waals surface area contributed by atoms with Crippen LogP contribution in [0, 0.1) is 0 Å². The molecule has 0 atom stereocenters. The van der Waals surface area contributed by atoms with Crippen LogP contribution in [0.1, 0.15) is 5.69 Å². The summed E-state index contributed by atoms with van der Waals surface area (Å²) in [5.41, 5.74) is 7.29. The first kappa shape index (κ1) is 9.76. The standard InChI is InChI=1S/C9H8BrN3S/c10-6-1-9(14-4-6)8-2-7(3-11)12-5-13-8/h1-2,4-5H,3,11H2. The lowest BCUT2D eigenvalue weighted by molar-refractivity contribution is 0.967. The van der Waals surface area contributed by atoms with Crippen molar-refractivity contribution in [3.63, 3.8) is 0 Å². The van der Waals surface area contributed by atoms with Gasteiger partial charge in [-0.25, -0.2) is 9.97 Å². The molecule has 0 aliphatic rings. The Labute approximate surface area is 94.1 Å². The number of hydrogen-bond donors (Lipinski definition) is 1. The van der Waals surface area contributed by atoms with Crippen molar-refractivity contribution in [3.8, 4) is 10.6 Å². The van der Waals surface area contributed by atoms with Crippen LogP contribution in [-0.2, 0) is 6.54 Å². The van der Waals surface area contributed by atoms with Crippen molar-refractivity contribution in [1.29, 1.82) is 0 Å². The van der Waals surface area contributed by atoms with Crippen molar-refractivity contribution in [3.05, 3.63) is 34.0 Å². The Hall–Kier alpha value is -0.780. The monoisotopic (exact) mass is 269 g/mol. The zero-order chi connectivity index (χ0) is 9.97. The SMILES string of the molecule is NCc1cc(-c2cc(Br)cs2)ncn1. The summed E-state index contributed by atoms with van der Waals surface area (Å²) in [7, 11) is 0. The minimum Gasteiger partial charge on any atom is -0.325 e. The number of halogens is 1. The highest BCUT2D eigenvalue weighted by Gasteiger charge is 2.03. The van der Waals surface area contributed by atoms with Crippen LogP contribution in [0.4, 0.5) is 0 Å². The second-order valence-corrected chi connectivity index (χ2v) is 4.55. The van der Waals surface area contributed by atoms with Gasteiger partial charge in [-0.1, -0.05) is 0 Å². The smallest absolute Gasteiger partial charge is 0.116 e. The molecule has 0 radical (unpaired) electrons. The largest absolute Gasteiger partial charge is 0.325 e. The van der Waals surface area contributed by atoms with Crippen LogP contribution < -0.4 is 5.73 Å². The van der Waals surface area contributed by atoms with Gasteiger partial charge in [0.2, 0.25) is 0 Å². The van der Waals surface area contributed by atoms with E-state index in [1.54, 1.807) is 17.7 Å². The normalized spacial score (nSPS) is 10.4. The summed E-state index contributed by atoms with van der Waals surface area (Å²) in [6.07, 6.45) is 1.55. The molecule has 14 heavy (non-hydrogen) atoms. The molecular weight excluding hydrogens is 262 g/mol. The third kappa shape index (κ3) is 2.00. The fourth-order valence-corrected chi connectivity index (χ4v) is 2.49. The first-order valence-corrected chi connectivity index (χ1v) is 5.72. The molecular formula is C9H8BrN3S. The zero-order valence-electron chi connectivity index (χ0n) is 7.27. The van der Waals surface area contributed by atoms with Gasteiger partial charge in [-0.05, 0) is 28.1 Å². The van der Waals surface area contributed by atoms with Crippen molar-refractivity contribution in [2.45, 2.75) is 6.54 Å². The summed E-state index contributed by atoms with van der Waals surface area (Å²) in [5.74, 6) is 0. The summed E-state index contributed by atoms with van der Waals surface area (Å²) in [4.78, 5) is 9.36. The van der Waals surface area contributed by atoms with Gasteiger partial charge in [0, 0.05) is 16.4 Å². The van der Waals surface area contributed by atoms with Gasteiger partial charge >= 0.3 is 0 Å². The van der Waals surface area contributed by atoms with Crippen LogP contribution in [0.15, 0.2) is 28.3 Å². The molecule has 5 heteroatoms. The topological polar surface area (TPSA) is 51.8 Å². The quantitative estimate of drug-likeness (QED) is 0.911. The zero-order valence-corrected chi connectivity index (χ0v) is 9.68. The van der Waals surface area contributed by atoms with Gasteiger partial charge in [0.25, 0.3) is 0 Å². The first-order valence-electron chi connectivity index (χ1n) is 4.05. The summed E-state index contributed by atoms with van der Waals surface area (Å²) in [6, 6.07) is 3.95. The minimum absolute atomic E-state index is 0.446. The summed E-state index contributed by atoms with van der Waals surface area (Å²) in [6.45, 7) is 0.446. The number of hydrogen-bond acceptors (Lipinski definition) is 4. The van der Waals surface area contributed by atoms with Crippen molar-refractivity contribution in [1.82, 2.24) is 9.97 Å². The minimum atomic E-state index is 0.446. The summed E-state index contributed by atoms with van der Waals surface area (Å²) < 4.78 is 1.07. The second kappa shape index (κ2) is 4.16. The third-order valence-corrected chi connectivity index (χ3v) is 3.47. The molecule has 0 amide bonds. The summed E-state index contributed by atoms with van der Waals surface area (Å²) in [5, 5.41) is 2.03. The molecule has 0 spiro atoms. The number of aromatic nitrogens is 2. The number of thiophene rings is 1. The van der Waals surface area contributed by atoms with Crippen molar-refractivity contribution >= 4 is 27.3 Å². The fraction of sp³-hybridized carbons (Fsp3) is 0.111. The Bertz CT molecular complexity index is 441. The molecule has 72 valence electrons. The maximum absolute atomic E-state index is 5.51. The van der Waals surface area contributed by atoms with Crippen molar-refractivity contribution in [2.24, 2.45) is 5.73 Å². The Balaban J connectivity index is 2.41. The molecule has 2 heterocycles. The molecule has 0 aliphatic heterocycles. The molecule has 2 aromatic heterocycles. The number of nitrogens with zero attached hydrogens (tertiary/aromatic N) is 2. The van der Waals surface area contributed by atoms with Gasteiger partial charge in [0.1, 0.15) is 6.33 Å². The van der Waals surface area contributed by atoms with Crippen LogP contribution in [0.2, 0.25) is 0 Å². The molecule has 0 saturated heterocycles. The average Bonchev–Trinajstić information content (AvgIpc) is 2.65. The van der Waals surface area contributed by atoms with E-state index >= 15 is 0 Å². The molecule has 0 aromatic carbocycles. The van der Waals surface area contributed by atoms with E-state index in [4.69, 9.17) is 5.73 Å². The van der Waals surface area contributed by atoms with E-state index in [2.05, 4.69) is 25.9 Å².